The molecule has 2 fully saturated rings. The Morgan fingerprint density at radius 3 is 2.34 bits per heavy atom. The van der Waals surface area contributed by atoms with Crippen LogP contribution in [0.4, 0.5) is 5.69 Å². The van der Waals surface area contributed by atoms with Gasteiger partial charge < -0.3 is 19.9 Å². The standard InChI is InChI=1S/C22H23N3O4/c26-15-24-10-12-25(13-11-24)22(28)18-14-17(18)21(27)23-19-8-4-5-9-20(19)29-16-6-2-1-3-7-16/h1-9,15,17-18H,10-14H2,(H,23,27). The lowest BCUT2D eigenvalue weighted by Gasteiger charge is -2.32. The van der Waals surface area contributed by atoms with Gasteiger partial charge in [-0.3, -0.25) is 14.4 Å². The van der Waals surface area contributed by atoms with Gasteiger partial charge in [0.15, 0.2) is 5.75 Å². The number of benzene rings is 2. The summed E-state index contributed by atoms with van der Waals surface area (Å²) in [4.78, 5) is 39.5. The molecule has 1 saturated carbocycles. The lowest BCUT2D eigenvalue weighted by molar-refractivity contribution is -0.137. The zero-order valence-corrected chi connectivity index (χ0v) is 16.0. The van der Waals surface area contributed by atoms with Crippen molar-refractivity contribution < 1.29 is 19.1 Å². The Kier molecular flexibility index (Phi) is 5.46. The highest BCUT2D eigenvalue weighted by atomic mass is 16.5. The number of carbonyl (C=O) groups excluding carboxylic acids is 3. The van der Waals surface area contributed by atoms with Gasteiger partial charge in [-0.15, -0.1) is 0 Å². The van der Waals surface area contributed by atoms with E-state index in [0.29, 0.717) is 49.8 Å². The molecule has 1 aliphatic heterocycles. The zero-order chi connectivity index (χ0) is 20.2. The first kappa shape index (κ1) is 19.0. The molecule has 1 aliphatic carbocycles. The first-order valence-corrected chi connectivity index (χ1v) is 9.76. The fourth-order valence-corrected chi connectivity index (χ4v) is 3.54. The van der Waals surface area contributed by atoms with Gasteiger partial charge in [-0.2, -0.15) is 0 Å². The molecule has 0 aromatic heterocycles. The predicted octanol–water partition coefficient (Wildman–Crippen LogP) is 2.35. The number of piperazine rings is 1. The molecule has 7 heteroatoms. The van der Waals surface area contributed by atoms with E-state index in [2.05, 4.69) is 5.32 Å². The van der Waals surface area contributed by atoms with Gasteiger partial charge >= 0.3 is 0 Å². The highest BCUT2D eigenvalue weighted by Crippen LogP contribution is 2.41. The van der Waals surface area contributed by atoms with E-state index in [0.717, 1.165) is 6.41 Å². The van der Waals surface area contributed by atoms with Gasteiger partial charge in [0.05, 0.1) is 17.5 Å². The summed E-state index contributed by atoms with van der Waals surface area (Å²) in [7, 11) is 0. The summed E-state index contributed by atoms with van der Waals surface area (Å²) in [6.45, 7) is 2.14. The lowest BCUT2D eigenvalue weighted by atomic mass is 10.2. The number of anilines is 1. The van der Waals surface area contributed by atoms with Crippen molar-refractivity contribution in [2.45, 2.75) is 6.42 Å². The quantitative estimate of drug-likeness (QED) is 0.764. The van der Waals surface area contributed by atoms with Crippen LogP contribution < -0.4 is 10.1 Å². The Morgan fingerprint density at radius 2 is 1.62 bits per heavy atom. The van der Waals surface area contributed by atoms with Gasteiger partial charge in [-0.1, -0.05) is 30.3 Å². The molecule has 2 aliphatic rings. The normalized spacial score (nSPS) is 20.7. The zero-order valence-electron chi connectivity index (χ0n) is 16.0. The molecular formula is C22H23N3O4. The smallest absolute Gasteiger partial charge is 0.228 e. The fraction of sp³-hybridized carbons (Fsp3) is 0.318. The van der Waals surface area contributed by atoms with Crippen LogP contribution in [0, 0.1) is 11.8 Å². The van der Waals surface area contributed by atoms with Crippen LogP contribution in [-0.4, -0.2) is 54.2 Å². The summed E-state index contributed by atoms with van der Waals surface area (Å²) >= 11 is 0. The number of nitrogens with one attached hydrogen (secondary N) is 1. The van der Waals surface area contributed by atoms with Crippen LogP contribution in [0.2, 0.25) is 0 Å². The van der Waals surface area contributed by atoms with Gasteiger partial charge in [0.2, 0.25) is 18.2 Å². The third kappa shape index (κ3) is 4.39. The maximum atomic E-state index is 12.7. The van der Waals surface area contributed by atoms with E-state index in [9.17, 15) is 14.4 Å². The third-order valence-corrected chi connectivity index (χ3v) is 5.34. The number of para-hydroxylation sites is 3. The average Bonchev–Trinajstić information content (AvgIpc) is 3.56. The number of ether oxygens (including phenoxy) is 1. The van der Waals surface area contributed by atoms with Gasteiger partial charge in [0.1, 0.15) is 5.75 Å². The Labute approximate surface area is 169 Å². The average molecular weight is 393 g/mol. The first-order valence-electron chi connectivity index (χ1n) is 9.76. The van der Waals surface area contributed by atoms with E-state index in [1.165, 1.54) is 0 Å². The molecule has 150 valence electrons. The summed E-state index contributed by atoms with van der Waals surface area (Å²) < 4.78 is 5.88. The van der Waals surface area contributed by atoms with Crippen LogP contribution in [0.25, 0.3) is 0 Å². The second-order valence-corrected chi connectivity index (χ2v) is 7.32. The van der Waals surface area contributed by atoms with Crippen molar-refractivity contribution in [2.24, 2.45) is 11.8 Å². The SMILES string of the molecule is O=CN1CCN(C(=O)C2CC2C(=O)Nc2ccccc2Oc2ccccc2)CC1. The highest BCUT2D eigenvalue weighted by Gasteiger charge is 2.49. The van der Waals surface area contributed by atoms with E-state index >= 15 is 0 Å². The summed E-state index contributed by atoms with van der Waals surface area (Å²) in [5.74, 6) is 0.476. The molecule has 0 spiro atoms. The molecule has 4 rings (SSSR count). The Hall–Kier alpha value is -3.35. The number of nitrogens with zero attached hydrogens (tertiary/aromatic N) is 2. The lowest BCUT2D eigenvalue weighted by Crippen LogP contribution is -2.48. The number of amides is 3. The molecular weight excluding hydrogens is 370 g/mol. The molecule has 1 heterocycles. The van der Waals surface area contributed by atoms with Crippen LogP contribution in [-0.2, 0) is 14.4 Å². The van der Waals surface area contributed by atoms with Crippen molar-refractivity contribution in [1.29, 1.82) is 0 Å². The van der Waals surface area contributed by atoms with E-state index in [1.54, 1.807) is 21.9 Å². The third-order valence-electron chi connectivity index (χ3n) is 5.34. The minimum absolute atomic E-state index is 0.00418. The predicted molar refractivity (Wildman–Crippen MR) is 107 cm³/mol. The minimum atomic E-state index is -0.323. The van der Waals surface area contributed by atoms with Crippen LogP contribution in [0.15, 0.2) is 54.6 Å². The molecule has 1 saturated heterocycles. The Bertz CT molecular complexity index is 894. The maximum Gasteiger partial charge on any atom is 0.228 e. The van der Waals surface area contributed by atoms with Gasteiger partial charge in [0.25, 0.3) is 0 Å². The molecule has 0 bridgehead atoms. The fourth-order valence-electron chi connectivity index (χ4n) is 3.54. The maximum absolute atomic E-state index is 12.7. The van der Waals surface area contributed by atoms with Gasteiger partial charge in [-0.25, -0.2) is 0 Å². The van der Waals surface area contributed by atoms with Crippen molar-refractivity contribution in [3.63, 3.8) is 0 Å². The van der Waals surface area contributed by atoms with Crippen molar-refractivity contribution in [2.75, 3.05) is 31.5 Å². The molecule has 0 radical (unpaired) electrons. The molecule has 29 heavy (non-hydrogen) atoms. The molecule has 2 aromatic rings. The molecule has 2 unspecified atom stereocenters. The Balaban J connectivity index is 1.35. The van der Waals surface area contributed by atoms with Crippen LogP contribution in [0.5, 0.6) is 11.5 Å². The first-order chi connectivity index (χ1) is 14.2. The number of rotatable bonds is 6. The minimum Gasteiger partial charge on any atom is -0.455 e. The summed E-state index contributed by atoms with van der Waals surface area (Å²) in [6, 6.07) is 16.6. The van der Waals surface area contributed by atoms with Crippen molar-refractivity contribution in [1.82, 2.24) is 9.80 Å². The monoisotopic (exact) mass is 393 g/mol. The second-order valence-electron chi connectivity index (χ2n) is 7.32. The summed E-state index contributed by atoms with van der Waals surface area (Å²) in [5, 5.41) is 2.91. The molecule has 7 nitrogen and oxygen atoms in total. The largest absolute Gasteiger partial charge is 0.455 e. The van der Waals surface area contributed by atoms with Crippen molar-refractivity contribution in [3.8, 4) is 11.5 Å². The number of hydrogen-bond donors (Lipinski definition) is 1. The van der Waals surface area contributed by atoms with E-state index < -0.39 is 0 Å². The van der Waals surface area contributed by atoms with Crippen LogP contribution in [0.1, 0.15) is 6.42 Å². The molecule has 2 aromatic carbocycles. The number of carbonyl (C=O) groups is 3. The van der Waals surface area contributed by atoms with E-state index in [4.69, 9.17) is 4.74 Å². The topological polar surface area (TPSA) is 79.0 Å². The Morgan fingerprint density at radius 1 is 0.931 bits per heavy atom. The molecule has 3 amide bonds. The van der Waals surface area contributed by atoms with Gasteiger partial charge in [-0.05, 0) is 30.7 Å². The number of hydrogen-bond acceptors (Lipinski definition) is 4. The highest BCUT2D eigenvalue weighted by molar-refractivity contribution is 6.00. The van der Waals surface area contributed by atoms with Crippen LogP contribution >= 0.6 is 0 Å². The summed E-state index contributed by atoms with van der Waals surface area (Å²) in [5.41, 5.74) is 0.582. The van der Waals surface area contributed by atoms with E-state index in [-0.39, 0.29) is 23.7 Å². The molecule has 1 N–H and O–H groups in total. The van der Waals surface area contributed by atoms with Gasteiger partial charge in [0, 0.05) is 26.2 Å². The van der Waals surface area contributed by atoms with Crippen LogP contribution in [0.3, 0.4) is 0 Å². The molecule has 2 atom stereocenters. The second kappa shape index (κ2) is 8.34. The van der Waals surface area contributed by atoms with E-state index in [1.807, 2.05) is 42.5 Å². The summed E-state index contributed by atoms with van der Waals surface area (Å²) in [6.07, 6.45) is 1.37. The van der Waals surface area contributed by atoms with Crippen molar-refractivity contribution >= 4 is 23.9 Å². The van der Waals surface area contributed by atoms with Crippen molar-refractivity contribution in [3.05, 3.63) is 54.6 Å².